The van der Waals surface area contributed by atoms with Crippen molar-refractivity contribution in [2.24, 2.45) is 5.41 Å². The van der Waals surface area contributed by atoms with Crippen LogP contribution < -0.4 is 5.69 Å². The maximum absolute atomic E-state index is 12.5. The second-order valence-corrected chi connectivity index (χ2v) is 6.21. The van der Waals surface area contributed by atoms with Gasteiger partial charge in [0.1, 0.15) is 11.9 Å². The van der Waals surface area contributed by atoms with Crippen molar-refractivity contribution >= 4 is 5.97 Å². The van der Waals surface area contributed by atoms with Gasteiger partial charge in [0.2, 0.25) is 0 Å². The van der Waals surface area contributed by atoms with Gasteiger partial charge in [0.15, 0.2) is 0 Å². The summed E-state index contributed by atoms with van der Waals surface area (Å²) in [6.07, 6.45) is 3.29. The van der Waals surface area contributed by atoms with Crippen LogP contribution in [0.2, 0.25) is 0 Å². The molecule has 2 bridgehead atoms. The van der Waals surface area contributed by atoms with Crippen LogP contribution in [0.5, 0.6) is 0 Å². The van der Waals surface area contributed by atoms with Gasteiger partial charge in [0.05, 0.1) is 24.1 Å². The van der Waals surface area contributed by atoms with E-state index in [1.807, 2.05) is 0 Å². The zero-order chi connectivity index (χ0) is 14.1. The third kappa shape index (κ3) is 1.13. The molecule has 3 fully saturated rings. The molecule has 4 aliphatic rings. The molecule has 2 heterocycles. The van der Waals surface area contributed by atoms with E-state index in [9.17, 15) is 9.59 Å². The van der Waals surface area contributed by atoms with Gasteiger partial charge < -0.3 is 4.74 Å². The van der Waals surface area contributed by atoms with Crippen molar-refractivity contribution in [2.45, 2.75) is 43.7 Å². The van der Waals surface area contributed by atoms with E-state index in [0.717, 1.165) is 0 Å². The molecular weight excluding hydrogens is 260 g/mol. The number of ether oxygens (including phenoxy) is 1. The summed E-state index contributed by atoms with van der Waals surface area (Å²) in [6, 6.07) is 1.77. The van der Waals surface area contributed by atoms with Crippen LogP contribution >= 0.6 is 0 Å². The largest absolute Gasteiger partial charge is 0.467 e. The van der Waals surface area contributed by atoms with Crippen molar-refractivity contribution in [3.63, 3.8) is 0 Å². The van der Waals surface area contributed by atoms with Gasteiger partial charge in [0, 0.05) is 6.42 Å². The van der Waals surface area contributed by atoms with Gasteiger partial charge in [-0.1, -0.05) is 0 Å². The van der Waals surface area contributed by atoms with Gasteiger partial charge in [-0.05, 0) is 25.7 Å². The lowest BCUT2D eigenvalue weighted by Gasteiger charge is -2.65. The Kier molecular flexibility index (Phi) is 1.94. The van der Waals surface area contributed by atoms with E-state index < -0.39 is 12.0 Å². The fourth-order valence-electron chi connectivity index (χ4n) is 4.04. The van der Waals surface area contributed by atoms with Crippen molar-refractivity contribution in [3.8, 4) is 6.07 Å². The van der Waals surface area contributed by atoms with Crippen molar-refractivity contribution < 1.29 is 9.53 Å². The number of nitriles is 1. The van der Waals surface area contributed by atoms with Crippen LogP contribution in [0.15, 0.2) is 4.79 Å². The first kappa shape index (κ1) is 11.7. The normalized spacial score (nSPS) is 36.5. The molecule has 1 aromatic rings. The predicted octanol–water partition coefficient (Wildman–Crippen LogP) is 0.108. The maximum atomic E-state index is 12.5. The fraction of sp³-hybridized carbons (Fsp3) is 0.692. The number of carbonyl (C=O) groups is 1. The third-order valence-electron chi connectivity index (χ3n) is 5.00. The number of hydrogen-bond acceptors (Lipinski definition) is 5. The van der Waals surface area contributed by atoms with Gasteiger partial charge in [-0.15, -0.1) is 0 Å². The standard InChI is InChI=1S/C13H14N4O3/c1-20-10(18)8-2-3-9-15-17(11(19)16(8)9)13-4-12(5-13,6-13)7-14/h8H,2-6H2,1H3. The van der Waals surface area contributed by atoms with E-state index in [0.29, 0.717) is 37.9 Å². The van der Waals surface area contributed by atoms with Crippen molar-refractivity contribution in [1.82, 2.24) is 14.3 Å². The second-order valence-electron chi connectivity index (χ2n) is 6.21. The zero-order valence-electron chi connectivity index (χ0n) is 11.1. The molecule has 7 nitrogen and oxygen atoms in total. The first-order valence-corrected chi connectivity index (χ1v) is 6.74. The van der Waals surface area contributed by atoms with E-state index in [1.54, 1.807) is 0 Å². The molecule has 0 saturated heterocycles. The molecule has 0 aromatic carbocycles. The highest BCUT2D eigenvalue weighted by Gasteiger charge is 2.71. The van der Waals surface area contributed by atoms with Crippen LogP contribution in [-0.2, 0) is 21.5 Å². The Labute approximate surface area is 114 Å². The Balaban J connectivity index is 1.72. The van der Waals surface area contributed by atoms with Crippen LogP contribution in [-0.4, -0.2) is 27.4 Å². The maximum Gasteiger partial charge on any atom is 0.347 e. The van der Waals surface area contributed by atoms with Crippen LogP contribution in [0.25, 0.3) is 0 Å². The fourth-order valence-corrected chi connectivity index (χ4v) is 4.04. The Hall–Kier alpha value is -2.10. The van der Waals surface area contributed by atoms with Gasteiger partial charge in [0.25, 0.3) is 0 Å². The number of esters is 1. The van der Waals surface area contributed by atoms with Crippen LogP contribution in [0.3, 0.4) is 0 Å². The summed E-state index contributed by atoms with van der Waals surface area (Å²) in [6.45, 7) is 0. The van der Waals surface area contributed by atoms with E-state index >= 15 is 0 Å². The topological polar surface area (TPSA) is 89.9 Å². The number of hydrogen-bond donors (Lipinski definition) is 0. The molecule has 1 unspecified atom stereocenters. The number of nitrogens with zero attached hydrogens (tertiary/aromatic N) is 4. The van der Waals surface area contributed by atoms with Crippen LogP contribution in [0.1, 0.15) is 37.5 Å². The van der Waals surface area contributed by atoms with Gasteiger partial charge in [-0.25, -0.2) is 14.3 Å². The minimum Gasteiger partial charge on any atom is -0.467 e. The highest BCUT2D eigenvalue weighted by Crippen LogP contribution is 2.70. The molecule has 0 amide bonds. The van der Waals surface area contributed by atoms with Gasteiger partial charge >= 0.3 is 11.7 Å². The summed E-state index contributed by atoms with van der Waals surface area (Å²) in [5.74, 6) is 0.262. The summed E-state index contributed by atoms with van der Waals surface area (Å²) in [4.78, 5) is 24.2. The number of methoxy groups -OCH3 is 1. The SMILES string of the molecule is COC(=O)C1CCc2nn(C34CC(C#N)(C3)C4)c(=O)n21. The first-order chi connectivity index (χ1) is 9.54. The van der Waals surface area contributed by atoms with E-state index in [4.69, 9.17) is 10.00 Å². The summed E-state index contributed by atoms with van der Waals surface area (Å²) >= 11 is 0. The molecule has 5 rings (SSSR count). The molecule has 0 spiro atoms. The van der Waals surface area contributed by atoms with Crippen LogP contribution in [0, 0.1) is 16.7 Å². The summed E-state index contributed by atoms with van der Waals surface area (Å²) in [5.41, 5.74) is -0.737. The smallest absolute Gasteiger partial charge is 0.347 e. The molecule has 1 atom stereocenters. The average Bonchev–Trinajstić information content (AvgIpc) is 2.88. The third-order valence-corrected chi connectivity index (χ3v) is 5.00. The summed E-state index contributed by atoms with van der Waals surface area (Å²) in [7, 11) is 1.33. The van der Waals surface area contributed by atoms with Gasteiger partial charge in [-0.3, -0.25) is 4.57 Å². The quantitative estimate of drug-likeness (QED) is 0.714. The first-order valence-electron chi connectivity index (χ1n) is 6.74. The number of carbonyl (C=O) groups excluding carboxylic acids is 1. The van der Waals surface area contributed by atoms with Crippen molar-refractivity contribution in [3.05, 3.63) is 16.3 Å². The number of rotatable bonds is 2. The molecule has 7 heteroatoms. The van der Waals surface area contributed by atoms with Gasteiger partial charge in [-0.2, -0.15) is 10.4 Å². The van der Waals surface area contributed by atoms with Crippen molar-refractivity contribution in [1.29, 1.82) is 5.26 Å². The number of fused-ring (bicyclic) bond motifs is 1. The molecule has 104 valence electrons. The minimum absolute atomic E-state index is 0.227. The lowest BCUT2D eigenvalue weighted by molar-refractivity contribution is -0.156. The Morgan fingerprint density at radius 1 is 1.50 bits per heavy atom. The Morgan fingerprint density at radius 2 is 2.20 bits per heavy atom. The molecular formula is C13H14N4O3. The Morgan fingerprint density at radius 3 is 2.80 bits per heavy atom. The second kappa shape index (κ2) is 3.32. The van der Waals surface area contributed by atoms with Crippen LogP contribution in [0.4, 0.5) is 0 Å². The summed E-state index contributed by atoms with van der Waals surface area (Å²) in [5, 5.41) is 13.5. The Bertz CT molecular complexity index is 703. The highest BCUT2D eigenvalue weighted by molar-refractivity contribution is 5.74. The monoisotopic (exact) mass is 274 g/mol. The number of aryl methyl sites for hydroxylation is 1. The molecule has 1 aliphatic heterocycles. The molecule has 1 aromatic heterocycles. The lowest BCUT2D eigenvalue weighted by Crippen LogP contribution is -2.69. The molecule has 0 radical (unpaired) electrons. The van der Waals surface area contributed by atoms with E-state index in [2.05, 4.69) is 11.2 Å². The minimum atomic E-state index is -0.548. The zero-order valence-corrected chi connectivity index (χ0v) is 11.1. The highest BCUT2D eigenvalue weighted by atomic mass is 16.5. The predicted molar refractivity (Wildman–Crippen MR) is 65.7 cm³/mol. The lowest BCUT2D eigenvalue weighted by atomic mass is 9.40. The average molecular weight is 274 g/mol. The number of aromatic nitrogens is 3. The summed E-state index contributed by atoms with van der Waals surface area (Å²) < 4.78 is 7.72. The molecule has 3 saturated carbocycles. The molecule has 3 aliphatic carbocycles. The van der Waals surface area contributed by atoms with E-state index in [-0.39, 0.29) is 16.6 Å². The molecule has 20 heavy (non-hydrogen) atoms. The molecule has 0 N–H and O–H groups in total. The van der Waals surface area contributed by atoms with Crippen molar-refractivity contribution in [2.75, 3.05) is 7.11 Å². The van der Waals surface area contributed by atoms with E-state index in [1.165, 1.54) is 16.4 Å².